The van der Waals surface area contributed by atoms with Gasteiger partial charge in [0.2, 0.25) is 0 Å². The van der Waals surface area contributed by atoms with Gasteiger partial charge in [-0.15, -0.1) is 0 Å². The molecule has 0 saturated heterocycles. The minimum atomic E-state index is -0.786. The number of aromatic nitrogens is 2. The standard InChI is InChI=1S/C16H11BrN4O5/c17-10-2-4-14-19-11(6-15(22)20(14)7-10)8-26-16(23)9-1-3-12(18)13(5-9)21(24)25/h1-7H,8,18H2. The third-order valence-electron chi connectivity index (χ3n) is 3.49. The molecule has 0 spiro atoms. The Kier molecular flexibility index (Phi) is 4.67. The minimum Gasteiger partial charge on any atom is -0.456 e. The van der Waals surface area contributed by atoms with Crippen molar-refractivity contribution in [1.29, 1.82) is 0 Å². The number of nitro groups is 1. The number of nitro benzene ring substituents is 1. The van der Waals surface area contributed by atoms with Gasteiger partial charge in [0.1, 0.15) is 17.9 Å². The van der Waals surface area contributed by atoms with Gasteiger partial charge in [0.05, 0.1) is 16.2 Å². The number of hydrogen-bond donors (Lipinski definition) is 1. The van der Waals surface area contributed by atoms with Crippen molar-refractivity contribution < 1.29 is 14.5 Å². The number of pyridine rings is 1. The summed E-state index contributed by atoms with van der Waals surface area (Å²) in [5, 5.41) is 10.9. The number of esters is 1. The molecule has 9 nitrogen and oxygen atoms in total. The summed E-state index contributed by atoms with van der Waals surface area (Å²) in [4.78, 5) is 38.6. The molecular weight excluding hydrogens is 408 g/mol. The molecule has 0 aliphatic carbocycles. The van der Waals surface area contributed by atoms with Gasteiger partial charge in [0.25, 0.3) is 11.2 Å². The van der Waals surface area contributed by atoms with E-state index in [-0.39, 0.29) is 34.8 Å². The van der Waals surface area contributed by atoms with Crippen molar-refractivity contribution in [2.75, 3.05) is 5.73 Å². The van der Waals surface area contributed by atoms with Crippen LogP contribution in [-0.2, 0) is 11.3 Å². The number of nitrogens with zero attached hydrogens (tertiary/aromatic N) is 3. The molecule has 0 bridgehead atoms. The van der Waals surface area contributed by atoms with Crippen molar-refractivity contribution in [3.05, 3.63) is 78.8 Å². The lowest BCUT2D eigenvalue weighted by Crippen LogP contribution is -2.16. The summed E-state index contributed by atoms with van der Waals surface area (Å²) in [5.41, 5.74) is 5.36. The van der Waals surface area contributed by atoms with E-state index in [4.69, 9.17) is 10.5 Å². The molecule has 0 unspecified atom stereocenters. The SMILES string of the molecule is Nc1ccc(C(=O)OCc2cc(=O)n3cc(Br)ccc3n2)cc1[N+](=O)[O-]. The van der Waals surface area contributed by atoms with Crippen molar-refractivity contribution in [3.63, 3.8) is 0 Å². The Bertz CT molecular complexity index is 1100. The van der Waals surface area contributed by atoms with E-state index in [1.54, 1.807) is 18.3 Å². The normalized spacial score (nSPS) is 10.7. The van der Waals surface area contributed by atoms with Gasteiger partial charge in [-0.2, -0.15) is 0 Å². The number of hydrogen-bond acceptors (Lipinski definition) is 7. The van der Waals surface area contributed by atoms with E-state index < -0.39 is 10.9 Å². The second-order valence-electron chi connectivity index (χ2n) is 5.27. The number of halogens is 1. The Balaban J connectivity index is 1.81. The summed E-state index contributed by atoms with van der Waals surface area (Å²) < 4.78 is 7.16. The largest absolute Gasteiger partial charge is 0.456 e. The molecule has 0 radical (unpaired) electrons. The Hall–Kier alpha value is -3.27. The molecule has 0 fully saturated rings. The zero-order valence-corrected chi connectivity index (χ0v) is 14.7. The first-order chi connectivity index (χ1) is 12.3. The average molecular weight is 419 g/mol. The number of nitrogens with two attached hydrogens (primary N) is 1. The Morgan fingerprint density at radius 3 is 2.81 bits per heavy atom. The molecule has 1 aromatic carbocycles. The summed E-state index contributed by atoms with van der Waals surface area (Å²) in [6.07, 6.45) is 1.58. The lowest BCUT2D eigenvalue weighted by Gasteiger charge is -2.07. The van der Waals surface area contributed by atoms with Crippen LogP contribution in [0.25, 0.3) is 5.65 Å². The van der Waals surface area contributed by atoms with Crippen molar-refractivity contribution in [3.8, 4) is 0 Å². The van der Waals surface area contributed by atoms with Gasteiger partial charge < -0.3 is 10.5 Å². The van der Waals surface area contributed by atoms with Crippen LogP contribution in [-0.4, -0.2) is 20.3 Å². The molecule has 0 saturated carbocycles. The van der Waals surface area contributed by atoms with Gasteiger partial charge in [-0.1, -0.05) is 0 Å². The van der Waals surface area contributed by atoms with Crippen LogP contribution >= 0.6 is 15.9 Å². The fourth-order valence-corrected chi connectivity index (χ4v) is 2.59. The van der Waals surface area contributed by atoms with Crippen LogP contribution in [0.2, 0.25) is 0 Å². The molecule has 3 aromatic rings. The molecule has 10 heteroatoms. The fraction of sp³-hybridized carbons (Fsp3) is 0.0625. The smallest absolute Gasteiger partial charge is 0.338 e. The number of anilines is 1. The number of ether oxygens (including phenoxy) is 1. The predicted molar refractivity (Wildman–Crippen MR) is 95.8 cm³/mol. The first-order valence-electron chi connectivity index (χ1n) is 7.24. The van der Waals surface area contributed by atoms with E-state index in [9.17, 15) is 19.7 Å². The maximum Gasteiger partial charge on any atom is 0.338 e. The minimum absolute atomic E-state index is 0.0210. The Morgan fingerprint density at radius 1 is 1.31 bits per heavy atom. The van der Waals surface area contributed by atoms with Gasteiger partial charge in [-0.05, 0) is 40.2 Å². The van der Waals surface area contributed by atoms with Crippen molar-refractivity contribution >= 4 is 38.9 Å². The topological polar surface area (TPSA) is 130 Å². The van der Waals surface area contributed by atoms with Gasteiger partial charge >= 0.3 is 5.97 Å². The first-order valence-corrected chi connectivity index (χ1v) is 8.03. The summed E-state index contributed by atoms with van der Waals surface area (Å²) in [5.74, 6) is -0.786. The number of carbonyl (C=O) groups excluding carboxylic acids is 1. The first kappa shape index (κ1) is 17.5. The van der Waals surface area contributed by atoms with Crippen LogP contribution < -0.4 is 11.3 Å². The third kappa shape index (κ3) is 3.54. The number of rotatable bonds is 4. The van der Waals surface area contributed by atoms with Gasteiger partial charge in [0, 0.05) is 22.8 Å². The number of nitrogen functional groups attached to an aromatic ring is 1. The number of fused-ring (bicyclic) bond motifs is 1. The van der Waals surface area contributed by atoms with Gasteiger partial charge in [0.15, 0.2) is 0 Å². The van der Waals surface area contributed by atoms with Crippen LogP contribution in [0.1, 0.15) is 16.1 Å². The molecule has 0 aliphatic rings. The van der Waals surface area contributed by atoms with Crippen molar-refractivity contribution in [2.24, 2.45) is 0 Å². The molecule has 26 heavy (non-hydrogen) atoms. The van der Waals surface area contributed by atoms with Gasteiger partial charge in [-0.25, -0.2) is 9.78 Å². The number of benzene rings is 1. The van der Waals surface area contributed by atoms with Gasteiger partial charge in [-0.3, -0.25) is 19.3 Å². The second kappa shape index (κ2) is 6.92. The molecule has 3 rings (SSSR count). The van der Waals surface area contributed by atoms with Crippen LogP contribution in [0.4, 0.5) is 11.4 Å². The quantitative estimate of drug-likeness (QED) is 0.297. The van der Waals surface area contributed by atoms with E-state index >= 15 is 0 Å². The second-order valence-corrected chi connectivity index (χ2v) is 6.18. The van der Waals surface area contributed by atoms with E-state index in [1.165, 1.54) is 22.6 Å². The molecule has 2 N–H and O–H groups in total. The fourth-order valence-electron chi connectivity index (χ4n) is 2.25. The predicted octanol–water partition coefficient (Wildman–Crippen LogP) is 2.30. The van der Waals surface area contributed by atoms with Crippen LogP contribution in [0.5, 0.6) is 0 Å². The molecule has 0 atom stereocenters. The third-order valence-corrected chi connectivity index (χ3v) is 3.96. The van der Waals surface area contributed by atoms with Crippen LogP contribution in [0, 0.1) is 10.1 Å². The van der Waals surface area contributed by atoms with Crippen molar-refractivity contribution in [1.82, 2.24) is 9.38 Å². The van der Waals surface area contributed by atoms with E-state index in [0.717, 1.165) is 10.5 Å². The van der Waals surface area contributed by atoms with Crippen molar-refractivity contribution in [2.45, 2.75) is 6.61 Å². The average Bonchev–Trinajstić information content (AvgIpc) is 2.60. The highest BCUT2D eigenvalue weighted by Crippen LogP contribution is 2.22. The molecule has 2 aromatic heterocycles. The summed E-state index contributed by atoms with van der Waals surface area (Å²) in [6.45, 7) is -0.251. The maximum atomic E-state index is 12.1. The Morgan fingerprint density at radius 2 is 2.08 bits per heavy atom. The highest BCUT2D eigenvalue weighted by atomic mass is 79.9. The van der Waals surface area contributed by atoms with Crippen LogP contribution in [0.15, 0.2) is 51.9 Å². The lowest BCUT2D eigenvalue weighted by molar-refractivity contribution is -0.383. The zero-order valence-electron chi connectivity index (χ0n) is 13.1. The van der Waals surface area contributed by atoms with E-state index in [2.05, 4.69) is 20.9 Å². The molecule has 132 valence electrons. The monoisotopic (exact) mass is 418 g/mol. The molecule has 2 heterocycles. The summed E-state index contributed by atoms with van der Waals surface area (Å²) >= 11 is 3.27. The van der Waals surface area contributed by atoms with E-state index in [0.29, 0.717) is 5.65 Å². The highest BCUT2D eigenvalue weighted by Gasteiger charge is 2.17. The Labute approximate surface area is 154 Å². The lowest BCUT2D eigenvalue weighted by atomic mass is 10.2. The highest BCUT2D eigenvalue weighted by molar-refractivity contribution is 9.10. The van der Waals surface area contributed by atoms with Crippen LogP contribution in [0.3, 0.4) is 0 Å². The van der Waals surface area contributed by atoms with E-state index in [1.807, 2.05) is 0 Å². The summed E-state index contributed by atoms with van der Waals surface area (Å²) in [7, 11) is 0. The molecule has 0 amide bonds. The number of carbonyl (C=O) groups is 1. The zero-order chi connectivity index (χ0) is 18.8. The molecule has 0 aliphatic heterocycles. The summed E-state index contributed by atoms with van der Waals surface area (Å²) in [6, 6.07) is 8.24. The molecular formula is C16H11BrN4O5. The maximum absolute atomic E-state index is 12.1.